The first-order valence-corrected chi connectivity index (χ1v) is 8.75. The van der Waals surface area contributed by atoms with E-state index in [4.69, 9.17) is 0 Å². The summed E-state index contributed by atoms with van der Waals surface area (Å²) < 4.78 is 13.8. The van der Waals surface area contributed by atoms with Crippen molar-refractivity contribution >= 4 is 28.3 Å². The van der Waals surface area contributed by atoms with E-state index < -0.39 is 0 Å². The lowest BCUT2D eigenvalue weighted by atomic mass is 10.1. The molecule has 0 radical (unpaired) electrons. The van der Waals surface area contributed by atoms with Gasteiger partial charge in [-0.3, -0.25) is 4.79 Å². The Morgan fingerprint density at radius 1 is 1.08 bits per heavy atom. The van der Waals surface area contributed by atoms with E-state index in [-0.39, 0.29) is 11.7 Å². The van der Waals surface area contributed by atoms with Crippen LogP contribution in [0.25, 0.3) is 10.9 Å². The molecule has 1 aliphatic rings. The number of halogens is 1. The molecule has 1 N–H and O–H groups in total. The van der Waals surface area contributed by atoms with Gasteiger partial charge in [-0.15, -0.1) is 0 Å². The Hall–Kier alpha value is -3.02. The number of hydrogen-bond donors (Lipinski definition) is 1. The average molecular weight is 350 g/mol. The van der Waals surface area contributed by atoms with Gasteiger partial charge in [-0.25, -0.2) is 14.4 Å². The van der Waals surface area contributed by atoms with Crippen molar-refractivity contribution in [1.29, 1.82) is 0 Å². The van der Waals surface area contributed by atoms with Gasteiger partial charge in [-0.05, 0) is 42.7 Å². The van der Waals surface area contributed by atoms with Gasteiger partial charge in [-0.2, -0.15) is 0 Å². The third-order valence-corrected chi connectivity index (χ3v) is 4.65. The molecule has 1 aliphatic heterocycles. The second-order valence-corrected chi connectivity index (χ2v) is 6.38. The number of para-hydroxylation sites is 1. The van der Waals surface area contributed by atoms with Crippen LogP contribution in [0.15, 0.2) is 48.8 Å². The first-order chi connectivity index (χ1) is 12.7. The normalized spacial score (nSPS) is 14.7. The average Bonchev–Trinajstić information content (AvgIpc) is 2.68. The molecule has 0 saturated carbocycles. The number of amides is 1. The summed E-state index contributed by atoms with van der Waals surface area (Å²) in [4.78, 5) is 22.1. The number of carbonyl (C=O) groups is 1. The molecule has 5 nitrogen and oxygen atoms in total. The van der Waals surface area contributed by atoms with Gasteiger partial charge in [0.1, 0.15) is 23.5 Å². The van der Waals surface area contributed by atoms with Crippen molar-refractivity contribution in [2.45, 2.75) is 25.8 Å². The summed E-state index contributed by atoms with van der Waals surface area (Å²) in [5.74, 6) is 0.435. The van der Waals surface area contributed by atoms with Crippen molar-refractivity contribution < 1.29 is 9.18 Å². The maximum atomic E-state index is 13.8. The largest absolute Gasteiger partial charge is 0.365 e. The number of nitrogens with one attached hydrogen (secondary N) is 1. The number of piperidine rings is 1. The van der Waals surface area contributed by atoms with Crippen molar-refractivity contribution in [3.63, 3.8) is 0 Å². The molecule has 0 aliphatic carbocycles. The fourth-order valence-corrected chi connectivity index (χ4v) is 3.25. The van der Waals surface area contributed by atoms with Gasteiger partial charge in [0.2, 0.25) is 5.91 Å². The molecule has 1 fully saturated rings. The first-order valence-electron chi connectivity index (χ1n) is 8.75. The molecular formula is C20H19FN4O. The van der Waals surface area contributed by atoms with Crippen molar-refractivity contribution in [3.8, 4) is 0 Å². The van der Waals surface area contributed by atoms with Crippen LogP contribution in [0.3, 0.4) is 0 Å². The quantitative estimate of drug-likeness (QED) is 0.775. The molecule has 4 rings (SSSR count). The third kappa shape index (κ3) is 3.22. The molecule has 2 heterocycles. The van der Waals surface area contributed by atoms with Gasteiger partial charge in [0, 0.05) is 30.6 Å². The molecule has 0 atom stereocenters. The number of aromatic nitrogens is 2. The van der Waals surface area contributed by atoms with Crippen LogP contribution >= 0.6 is 0 Å². The van der Waals surface area contributed by atoms with E-state index in [1.54, 1.807) is 12.1 Å². The van der Waals surface area contributed by atoms with E-state index >= 15 is 0 Å². The maximum Gasteiger partial charge on any atom is 0.226 e. The number of anilines is 2. The Labute approximate surface area is 150 Å². The lowest BCUT2D eigenvalue weighted by Crippen LogP contribution is -2.35. The molecule has 2 aromatic carbocycles. The Bertz CT molecular complexity index is 942. The van der Waals surface area contributed by atoms with E-state index in [1.807, 2.05) is 29.2 Å². The van der Waals surface area contributed by atoms with Gasteiger partial charge in [0.25, 0.3) is 0 Å². The van der Waals surface area contributed by atoms with E-state index in [9.17, 15) is 9.18 Å². The predicted molar refractivity (Wildman–Crippen MR) is 99.5 cm³/mol. The summed E-state index contributed by atoms with van der Waals surface area (Å²) >= 11 is 0. The molecule has 6 heteroatoms. The molecular weight excluding hydrogens is 331 g/mol. The second kappa shape index (κ2) is 7.07. The van der Waals surface area contributed by atoms with Crippen molar-refractivity contribution in [2.75, 3.05) is 16.8 Å². The Kier molecular flexibility index (Phi) is 4.48. The minimum absolute atomic E-state index is 0.191. The van der Waals surface area contributed by atoms with Crippen LogP contribution in [0.5, 0.6) is 0 Å². The molecule has 0 bridgehead atoms. The highest BCUT2D eigenvalue weighted by atomic mass is 19.1. The SMILES string of the molecule is O=C1CCCCN1c1ccc(CNc2ncnc3c(F)cccc23)cc1. The van der Waals surface area contributed by atoms with Crippen molar-refractivity contribution in [2.24, 2.45) is 0 Å². The highest BCUT2D eigenvalue weighted by molar-refractivity contribution is 5.94. The fourth-order valence-electron chi connectivity index (χ4n) is 3.25. The predicted octanol–water partition coefficient (Wildman–Crippen LogP) is 3.90. The second-order valence-electron chi connectivity index (χ2n) is 6.38. The van der Waals surface area contributed by atoms with Gasteiger partial charge in [0.05, 0.1) is 0 Å². The summed E-state index contributed by atoms with van der Waals surface area (Å²) in [5, 5.41) is 3.90. The molecule has 26 heavy (non-hydrogen) atoms. The zero-order chi connectivity index (χ0) is 17.9. The zero-order valence-corrected chi connectivity index (χ0v) is 14.3. The topological polar surface area (TPSA) is 58.1 Å². The van der Waals surface area contributed by atoms with Crippen LogP contribution < -0.4 is 10.2 Å². The monoisotopic (exact) mass is 350 g/mol. The van der Waals surface area contributed by atoms with Crippen LogP contribution in [0.4, 0.5) is 15.9 Å². The standard InChI is InChI=1S/C20H19FN4O/c21-17-5-3-4-16-19(17)23-13-24-20(16)22-12-14-7-9-15(10-8-14)25-11-2-1-6-18(25)26/h3-5,7-10,13H,1-2,6,11-12H2,(H,22,23,24). The van der Waals surface area contributed by atoms with Gasteiger partial charge in [-0.1, -0.05) is 18.2 Å². The van der Waals surface area contributed by atoms with Crippen LogP contribution in [-0.4, -0.2) is 22.4 Å². The molecule has 0 spiro atoms. The number of carbonyl (C=O) groups excluding carboxylic acids is 1. The van der Waals surface area contributed by atoms with Crippen molar-refractivity contribution in [3.05, 3.63) is 60.2 Å². The first kappa shape index (κ1) is 16.4. The molecule has 3 aromatic rings. The van der Waals surface area contributed by atoms with E-state index in [0.29, 0.717) is 29.7 Å². The fraction of sp³-hybridized carbons (Fsp3) is 0.250. The van der Waals surface area contributed by atoms with E-state index in [2.05, 4.69) is 15.3 Å². The number of rotatable bonds is 4. The smallest absolute Gasteiger partial charge is 0.226 e. The molecule has 132 valence electrons. The maximum absolute atomic E-state index is 13.8. The summed E-state index contributed by atoms with van der Waals surface area (Å²) in [6.45, 7) is 1.34. The Balaban J connectivity index is 1.49. The number of fused-ring (bicyclic) bond motifs is 1. The summed E-state index contributed by atoms with van der Waals surface area (Å²) in [6.07, 6.45) is 4.01. The van der Waals surface area contributed by atoms with E-state index in [0.717, 1.165) is 30.6 Å². The Morgan fingerprint density at radius 2 is 1.92 bits per heavy atom. The summed E-state index contributed by atoms with van der Waals surface area (Å²) in [6, 6.07) is 12.8. The highest BCUT2D eigenvalue weighted by Gasteiger charge is 2.19. The van der Waals surface area contributed by atoms with E-state index in [1.165, 1.54) is 12.4 Å². The lowest BCUT2D eigenvalue weighted by molar-refractivity contribution is -0.119. The van der Waals surface area contributed by atoms with Gasteiger partial charge < -0.3 is 10.2 Å². The molecule has 1 saturated heterocycles. The highest BCUT2D eigenvalue weighted by Crippen LogP contribution is 2.23. The molecule has 1 aromatic heterocycles. The minimum Gasteiger partial charge on any atom is -0.365 e. The molecule has 1 amide bonds. The van der Waals surface area contributed by atoms with Gasteiger partial charge >= 0.3 is 0 Å². The van der Waals surface area contributed by atoms with Gasteiger partial charge in [0.15, 0.2) is 0 Å². The van der Waals surface area contributed by atoms with Crippen LogP contribution in [0, 0.1) is 5.82 Å². The minimum atomic E-state index is -0.358. The molecule has 0 unspecified atom stereocenters. The number of nitrogens with zero attached hydrogens (tertiary/aromatic N) is 3. The summed E-state index contributed by atoms with van der Waals surface area (Å²) in [5.41, 5.74) is 2.30. The number of hydrogen-bond acceptors (Lipinski definition) is 4. The number of benzene rings is 2. The Morgan fingerprint density at radius 3 is 2.73 bits per heavy atom. The summed E-state index contributed by atoms with van der Waals surface area (Å²) in [7, 11) is 0. The van der Waals surface area contributed by atoms with Crippen LogP contribution in [0.2, 0.25) is 0 Å². The van der Waals surface area contributed by atoms with Crippen molar-refractivity contribution in [1.82, 2.24) is 9.97 Å². The lowest BCUT2D eigenvalue weighted by Gasteiger charge is -2.26. The zero-order valence-electron chi connectivity index (χ0n) is 14.3. The van der Waals surface area contributed by atoms with Crippen LogP contribution in [-0.2, 0) is 11.3 Å². The third-order valence-electron chi connectivity index (χ3n) is 4.65. The van der Waals surface area contributed by atoms with Crippen LogP contribution in [0.1, 0.15) is 24.8 Å².